The molecule has 1 aromatic carbocycles. The van der Waals surface area contributed by atoms with Gasteiger partial charge in [0.15, 0.2) is 0 Å². The van der Waals surface area contributed by atoms with E-state index in [-0.39, 0.29) is 6.10 Å². The number of halogens is 1. The Hall–Kier alpha value is -1.62. The molecule has 1 saturated heterocycles. The monoisotopic (exact) mass is 392 g/mol. The summed E-state index contributed by atoms with van der Waals surface area (Å²) in [5.41, 5.74) is 1.43. The zero-order valence-corrected chi connectivity index (χ0v) is 17.0. The van der Waals surface area contributed by atoms with Crippen molar-refractivity contribution in [2.75, 3.05) is 18.0 Å². The first-order chi connectivity index (χ1) is 12.9. The fraction of sp³-hybridized carbons (Fsp3) is 0.667. The third-order valence-corrected chi connectivity index (χ3v) is 6.50. The summed E-state index contributed by atoms with van der Waals surface area (Å²) in [6, 6.07) is 5.89. The molecular formula is C21H29ClN2O3. The standard InChI is InChI=1S/C21H29ClN2O3/c1-15(2)27-17-3-4-18(22)19(14-17)24-11-9-21(10-12-24)7-5-16(6-8-21)13-20(25)23-26/h3-4,14-16H,5-13H2,1-2H3. The molecular weight excluding hydrogens is 364 g/mol. The van der Waals surface area contributed by atoms with Gasteiger partial charge in [0.05, 0.1) is 16.8 Å². The fourth-order valence-electron chi connectivity index (χ4n) is 4.58. The zero-order chi connectivity index (χ0) is 19.4. The summed E-state index contributed by atoms with van der Waals surface area (Å²) in [6.07, 6.45) is 7.09. The molecule has 0 atom stereocenters. The summed E-state index contributed by atoms with van der Waals surface area (Å²) < 4.78 is 5.82. The summed E-state index contributed by atoms with van der Waals surface area (Å²) >= 11 is 6.46. The molecule has 2 aliphatic rings. The number of piperidine rings is 1. The van der Waals surface area contributed by atoms with E-state index in [9.17, 15) is 9.70 Å². The number of benzene rings is 1. The molecule has 27 heavy (non-hydrogen) atoms. The first-order valence-electron chi connectivity index (χ1n) is 9.98. The third kappa shape index (κ3) is 5.01. The Kier molecular flexibility index (Phi) is 6.40. The van der Waals surface area contributed by atoms with Crippen LogP contribution in [0.3, 0.4) is 0 Å². The smallest absolute Gasteiger partial charge is 0.286 e. The van der Waals surface area contributed by atoms with Crippen LogP contribution in [0, 0.1) is 16.2 Å². The lowest BCUT2D eigenvalue weighted by atomic mass is 9.65. The molecule has 0 N–H and O–H groups in total. The molecule has 148 valence electrons. The molecule has 2 fully saturated rings. The molecule has 1 aliphatic carbocycles. The third-order valence-electron chi connectivity index (χ3n) is 6.19. The van der Waals surface area contributed by atoms with E-state index in [0.29, 0.717) is 17.8 Å². The molecule has 0 bridgehead atoms. The number of carbonyl (C=O) groups excluding carboxylic acids is 1. The van der Waals surface area contributed by atoms with Crippen molar-refractivity contribution in [3.05, 3.63) is 28.1 Å². The predicted octanol–water partition coefficient (Wildman–Crippen LogP) is 5.59. The number of nitroso groups, excluding NO2 is 1. The van der Waals surface area contributed by atoms with Crippen LogP contribution in [0.4, 0.5) is 5.69 Å². The Morgan fingerprint density at radius 1 is 1.26 bits per heavy atom. The van der Waals surface area contributed by atoms with E-state index in [2.05, 4.69) is 16.1 Å². The minimum absolute atomic E-state index is 0.139. The van der Waals surface area contributed by atoms with Gasteiger partial charge in [-0.25, -0.2) is 0 Å². The number of hydrogen-bond donors (Lipinski definition) is 0. The van der Waals surface area contributed by atoms with Gasteiger partial charge >= 0.3 is 0 Å². The van der Waals surface area contributed by atoms with Crippen LogP contribution in [0.25, 0.3) is 0 Å². The van der Waals surface area contributed by atoms with E-state index in [0.717, 1.165) is 68.1 Å². The summed E-state index contributed by atoms with van der Waals surface area (Å²) in [5.74, 6) is 0.695. The van der Waals surface area contributed by atoms with E-state index in [1.54, 1.807) is 0 Å². The van der Waals surface area contributed by atoms with Crippen molar-refractivity contribution >= 4 is 23.2 Å². The molecule has 5 nitrogen and oxygen atoms in total. The molecule has 6 heteroatoms. The first-order valence-corrected chi connectivity index (χ1v) is 10.4. The lowest BCUT2D eigenvalue weighted by Crippen LogP contribution is -2.42. The van der Waals surface area contributed by atoms with Gasteiger partial charge in [0.1, 0.15) is 5.75 Å². The minimum Gasteiger partial charge on any atom is -0.491 e. The zero-order valence-electron chi connectivity index (χ0n) is 16.2. The van der Waals surface area contributed by atoms with E-state index in [4.69, 9.17) is 16.3 Å². The molecule has 0 aromatic heterocycles. The van der Waals surface area contributed by atoms with Gasteiger partial charge in [0.25, 0.3) is 5.91 Å². The molecule has 1 aromatic rings. The van der Waals surface area contributed by atoms with Crippen LogP contribution >= 0.6 is 11.6 Å². The average molecular weight is 393 g/mol. The molecule has 1 amide bonds. The number of ether oxygens (including phenoxy) is 1. The summed E-state index contributed by atoms with van der Waals surface area (Å²) in [5, 5.41) is 3.31. The van der Waals surface area contributed by atoms with Gasteiger partial charge in [-0.3, -0.25) is 4.79 Å². The first kappa shape index (κ1) is 20.1. The van der Waals surface area contributed by atoms with Crippen LogP contribution in [0.15, 0.2) is 23.4 Å². The van der Waals surface area contributed by atoms with Gasteiger partial charge in [-0.1, -0.05) is 11.6 Å². The van der Waals surface area contributed by atoms with Gasteiger partial charge in [-0.15, -0.1) is 4.91 Å². The maximum absolute atomic E-state index is 11.3. The number of amides is 1. The summed E-state index contributed by atoms with van der Waals surface area (Å²) in [7, 11) is 0. The second kappa shape index (κ2) is 8.59. The van der Waals surface area contributed by atoms with Crippen molar-refractivity contribution in [1.29, 1.82) is 0 Å². The van der Waals surface area contributed by atoms with Gasteiger partial charge in [-0.2, -0.15) is 0 Å². The molecule has 3 rings (SSSR count). The molecule has 0 radical (unpaired) electrons. The van der Waals surface area contributed by atoms with Crippen LogP contribution in [-0.2, 0) is 4.79 Å². The second-order valence-corrected chi connectivity index (χ2v) is 8.81. The van der Waals surface area contributed by atoms with E-state index in [1.165, 1.54) is 0 Å². The highest BCUT2D eigenvalue weighted by atomic mass is 35.5. The molecule has 1 aliphatic heterocycles. The van der Waals surface area contributed by atoms with E-state index in [1.807, 2.05) is 26.0 Å². The van der Waals surface area contributed by atoms with E-state index < -0.39 is 5.91 Å². The Labute approximate surface area is 166 Å². The quantitative estimate of drug-likeness (QED) is 0.613. The molecule has 1 saturated carbocycles. The Balaban J connectivity index is 1.58. The van der Waals surface area contributed by atoms with Crippen molar-refractivity contribution in [3.63, 3.8) is 0 Å². The average Bonchev–Trinajstić information content (AvgIpc) is 2.66. The van der Waals surface area contributed by atoms with Crippen LogP contribution in [0.5, 0.6) is 5.75 Å². The summed E-state index contributed by atoms with van der Waals surface area (Å²) in [6.45, 7) is 6.02. The highest BCUT2D eigenvalue weighted by molar-refractivity contribution is 6.33. The fourth-order valence-corrected chi connectivity index (χ4v) is 4.82. The van der Waals surface area contributed by atoms with Gasteiger partial charge in [0.2, 0.25) is 0 Å². The van der Waals surface area contributed by atoms with Crippen LogP contribution in [0.1, 0.15) is 58.8 Å². The number of nitrogens with zero attached hydrogens (tertiary/aromatic N) is 2. The van der Waals surface area contributed by atoms with E-state index >= 15 is 0 Å². The van der Waals surface area contributed by atoms with Crippen LogP contribution < -0.4 is 9.64 Å². The molecule has 0 unspecified atom stereocenters. The van der Waals surface area contributed by atoms with Crippen molar-refractivity contribution in [2.24, 2.45) is 16.5 Å². The van der Waals surface area contributed by atoms with Crippen molar-refractivity contribution < 1.29 is 9.53 Å². The lowest BCUT2D eigenvalue weighted by molar-refractivity contribution is -0.119. The largest absolute Gasteiger partial charge is 0.491 e. The van der Waals surface area contributed by atoms with Crippen molar-refractivity contribution in [2.45, 2.75) is 64.9 Å². The highest BCUT2D eigenvalue weighted by Crippen LogP contribution is 2.48. The maximum Gasteiger partial charge on any atom is 0.286 e. The van der Waals surface area contributed by atoms with Crippen LogP contribution in [0.2, 0.25) is 5.02 Å². The number of hydrogen-bond acceptors (Lipinski definition) is 4. The van der Waals surface area contributed by atoms with Crippen molar-refractivity contribution in [1.82, 2.24) is 0 Å². The number of carbonyl (C=O) groups is 1. The highest BCUT2D eigenvalue weighted by Gasteiger charge is 2.38. The predicted molar refractivity (Wildman–Crippen MR) is 108 cm³/mol. The van der Waals surface area contributed by atoms with Crippen LogP contribution in [-0.4, -0.2) is 25.1 Å². The number of anilines is 1. The Morgan fingerprint density at radius 3 is 2.52 bits per heavy atom. The maximum atomic E-state index is 11.3. The lowest BCUT2D eigenvalue weighted by Gasteiger charge is -2.46. The topological polar surface area (TPSA) is 59.0 Å². The Bertz CT molecular complexity index is 674. The SMILES string of the molecule is CC(C)Oc1ccc(Cl)c(N2CCC3(CCC(CC(=O)N=O)CC3)CC2)c1. The van der Waals surface area contributed by atoms with Gasteiger partial charge < -0.3 is 9.64 Å². The Morgan fingerprint density at radius 2 is 1.93 bits per heavy atom. The minimum atomic E-state index is -0.496. The molecule has 1 heterocycles. The summed E-state index contributed by atoms with van der Waals surface area (Å²) in [4.78, 5) is 24.0. The van der Waals surface area contributed by atoms with Gasteiger partial charge in [-0.05, 0) is 75.8 Å². The van der Waals surface area contributed by atoms with Gasteiger partial charge in [0, 0.05) is 30.8 Å². The normalized spacial score (nSPS) is 20.1. The van der Waals surface area contributed by atoms with Crippen molar-refractivity contribution in [3.8, 4) is 5.75 Å². The number of rotatable bonds is 5. The second-order valence-electron chi connectivity index (χ2n) is 8.40. The molecule has 1 spiro atoms.